The van der Waals surface area contributed by atoms with Crippen LogP contribution in [0, 0.1) is 11.8 Å². The van der Waals surface area contributed by atoms with Gasteiger partial charge in [-0.15, -0.1) is 0 Å². The van der Waals surface area contributed by atoms with Gasteiger partial charge in [0.15, 0.2) is 5.76 Å². The number of nitrogens with one attached hydrogen (secondary N) is 1. The lowest BCUT2D eigenvalue weighted by Crippen LogP contribution is -2.54. The fourth-order valence-electron chi connectivity index (χ4n) is 3.75. The highest BCUT2D eigenvalue weighted by Crippen LogP contribution is 2.37. The van der Waals surface area contributed by atoms with Crippen molar-refractivity contribution in [2.75, 3.05) is 29.4 Å². The topological polar surface area (TPSA) is 65.8 Å². The molecule has 1 fully saturated rings. The van der Waals surface area contributed by atoms with E-state index in [0.29, 0.717) is 6.54 Å². The van der Waals surface area contributed by atoms with Crippen molar-refractivity contribution in [3.8, 4) is 0 Å². The number of anilines is 2. The van der Waals surface area contributed by atoms with E-state index in [9.17, 15) is 9.59 Å². The number of carbonyl (C=O) groups excluding carboxylic acids is 2. The average molecular weight is 381 g/mol. The molecule has 1 aromatic heterocycles. The normalized spacial score (nSPS) is 17.4. The summed E-state index contributed by atoms with van der Waals surface area (Å²) in [7, 11) is 0. The molecule has 4 rings (SSSR count). The molecule has 0 bridgehead atoms. The minimum absolute atomic E-state index is 0.0388. The number of carbonyl (C=O) groups is 2. The van der Waals surface area contributed by atoms with Gasteiger partial charge in [-0.05, 0) is 48.9 Å². The van der Waals surface area contributed by atoms with Crippen LogP contribution in [0.4, 0.5) is 11.4 Å². The summed E-state index contributed by atoms with van der Waals surface area (Å²) in [6.07, 6.45) is 4.06. The quantitative estimate of drug-likeness (QED) is 0.834. The lowest BCUT2D eigenvalue weighted by atomic mass is 10.0. The zero-order valence-corrected chi connectivity index (χ0v) is 16.4. The Kier molecular flexibility index (Phi) is 5.11. The van der Waals surface area contributed by atoms with E-state index in [-0.39, 0.29) is 23.5 Å². The number of para-hydroxylation sites is 2. The van der Waals surface area contributed by atoms with Crippen LogP contribution < -0.4 is 15.1 Å². The molecule has 1 unspecified atom stereocenters. The molecule has 1 aliphatic carbocycles. The smallest absolute Gasteiger partial charge is 0.287 e. The average Bonchev–Trinajstić information content (AvgIpc) is 3.34. The zero-order chi connectivity index (χ0) is 19.7. The van der Waals surface area contributed by atoms with Crippen LogP contribution in [0.5, 0.6) is 0 Å². The number of furan rings is 1. The summed E-state index contributed by atoms with van der Waals surface area (Å²) in [5.74, 6) is 0.522. The fraction of sp³-hybridized carbons (Fsp3) is 0.455. The first-order valence-electron chi connectivity index (χ1n) is 10.0. The molecule has 2 aromatic rings. The Labute approximate surface area is 165 Å². The summed E-state index contributed by atoms with van der Waals surface area (Å²) in [5.41, 5.74) is 2.03. The maximum atomic E-state index is 13.4. The van der Waals surface area contributed by atoms with Gasteiger partial charge in [0, 0.05) is 19.6 Å². The van der Waals surface area contributed by atoms with Crippen molar-refractivity contribution in [3.05, 3.63) is 48.4 Å². The van der Waals surface area contributed by atoms with Crippen molar-refractivity contribution in [2.24, 2.45) is 11.8 Å². The van der Waals surface area contributed by atoms with Crippen LogP contribution >= 0.6 is 0 Å². The van der Waals surface area contributed by atoms with Crippen molar-refractivity contribution < 1.29 is 14.0 Å². The van der Waals surface area contributed by atoms with E-state index in [4.69, 9.17) is 4.42 Å². The van der Waals surface area contributed by atoms with Gasteiger partial charge in [-0.3, -0.25) is 9.59 Å². The molecule has 1 N–H and O–H groups in total. The predicted octanol–water partition coefficient (Wildman–Crippen LogP) is 3.30. The highest BCUT2D eigenvalue weighted by Gasteiger charge is 2.35. The molecule has 28 heavy (non-hydrogen) atoms. The number of nitrogens with zero attached hydrogens (tertiary/aromatic N) is 2. The van der Waals surface area contributed by atoms with E-state index < -0.39 is 6.04 Å². The molecule has 1 atom stereocenters. The van der Waals surface area contributed by atoms with Gasteiger partial charge >= 0.3 is 0 Å². The van der Waals surface area contributed by atoms with Gasteiger partial charge in [-0.1, -0.05) is 26.0 Å². The van der Waals surface area contributed by atoms with Crippen LogP contribution in [0.1, 0.15) is 37.2 Å². The Hall–Kier alpha value is -2.76. The Morgan fingerprint density at radius 3 is 2.50 bits per heavy atom. The molecule has 1 aromatic carbocycles. The van der Waals surface area contributed by atoms with Crippen molar-refractivity contribution in [1.29, 1.82) is 0 Å². The molecular formula is C22H27N3O3. The fourth-order valence-corrected chi connectivity index (χ4v) is 3.75. The molecule has 0 radical (unpaired) electrons. The minimum Gasteiger partial charge on any atom is -0.459 e. The first-order valence-corrected chi connectivity index (χ1v) is 10.0. The van der Waals surface area contributed by atoms with Crippen molar-refractivity contribution in [2.45, 2.75) is 32.7 Å². The van der Waals surface area contributed by atoms with E-state index in [1.54, 1.807) is 12.1 Å². The van der Waals surface area contributed by atoms with Crippen molar-refractivity contribution >= 4 is 23.2 Å². The monoisotopic (exact) mass is 381 g/mol. The zero-order valence-electron chi connectivity index (χ0n) is 16.4. The minimum atomic E-state index is -0.611. The molecule has 6 heteroatoms. The predicted molar refractivity (Wildman–Crippen MR) is 109 cm³/mol. The summed E-state index contributed by atoms with van der Waals surface area (Å²) in [6, 6.07) is 10.7. The SMILES string of the molecule is CC(C)C(NC(=O)c1ccco1)C(=O)N1CCN(CC2CC2)c2ccccc21. The van der Waals surface area contributed by atoms with E-state index in [0.717, 1.165) is 30.4 Å². The van der Waals surface area contributed by atoms with E-state index in [1.165, 1.54) is 19.1 Å². The first-order chi connectivity index (χ1) is 13.5. The number of benzene rings is 1. The maximum Gasteiger partial charge on any atom is 0.287 e. The lowest BCUT2D eigenvalue weighted by molar-refractivity contribution is -0.121. The van der Waals surface area contributed by atoms with Crippen LogP contribution in [0.2, 0.25) is 0 Å². The largest absolute Gasteiger partial charge is 0.459 e. The molecule has 2 aliphatic rings. The number of hydrogen-bond acceptors (Lipinski definition) is 4. The van der Waals surface area contributed by atoms with Crippen LogP contribution in [0.15, 0.2) is 47.1 Å². The molecule has 148 valence electrons. The summed E-state index contributed by atoms with van der Waals surface area (Å²) in [4.78, 5) is 30.1. The summed E-state index contributed by atoms with van der Waals surface area (Å²) >= 11 is 0. The van der Waals surface area contributed by atoms with Gasteiger partial charge in [-0.2, -0.15) is 0 Å². The van der Waals surface area contributed by atoms with Gasteiger partial charge in [0.05, 0.1) is 17.6 Å². The Morgan fingerprint density at radius 2 is 1.86 bits per heavy atom. The van der Waals surface area contributed by atoms with Crippen LogP contribution in [-0.4, -0.2) is 37.5 Å². The second-order valence-electron chi connectivity index (χ2n) is 8.04. The second kappa shape index (κ2) is 7.70. The molecule has 1 aliphatic heterocycles. The van der Waals surface area contributed by atoms with Gasteiger partial charge in [0.1, 0.15) is 6.04 Å². The number of rotatable bonds is 6. The molecule has 1 saturated carbocycles. The third-order valence-electron chi connectivity index (χ3n) is 5.51. The van der Waals surface area contributed by atoms with Gasteiger partial charge < -0.3 is 19.5 Å². The van der Waals surface area contributed by atoms with Gasteiger partial charge in [0.25, 0.3) is 5.91 Å². The number of fused-ring (bicyclic) bond motifs is 1. The summed E-state index contributed by atoms with van der Waals surface area (Å²) in [6.45, 7) is 6.39. The third-order valence-corrected chi connectivity index (χ3v) is 5.51. The van der Waals surface area contributed by atoms with Crippen LogP contribution in [0.3, 0.4) is 0 Å². The number of amides is 2. The summed E-state index contributed by atoms with van der Waals surface area (Å²) < 4.78 is 5.17. The number of hydrogen-bond donors (Lipinski definition) is 1. The molecule has 2 amide bonds. The first kappa shape index (κ1) is 18.6. The van der Waals surface area contributed by atoms with Crippen molar-refractivity contribution in [1.82, 2.24) is 5.32 Å². The van der Waals surface area contributed by atoms with Gasteiger partial charge in [0.2, 0.25) is 5.91 Å². The maximum absolute atomic E-state index is 13.4. The van der Waals surface area contributed by atoms with Crippen LogP contribution in [0.25, 0.3) is 0 Å². The van der Waals surface area contributed by atoms with Crippen molar-refractivity contribution in [3.63, 3.8) is 0 Å². The highest BCUT2D eigenvalue weighted by molar-refractivity contribution is 6.04. The molecule has 0 spiro atoms. The van der Waals surface area contributed by atoms with E-state index >= 15 is 0 Å². The summed E-state index contributed by atoms with van der Waals surface area (Å²) in [5, 5.41) is 2.86. The Balaban J connectivity index is 1.55. The van der Waals surface area contributed by atoms with Gasteiger partial charge in [-0.25, -0.2) is 0 Å². The molecule has 2 heterocycles. The van der Waals surface area contributed by atoms with E-state index in [2.05, 4.69) is 16.3 Å². The lowest BCUT2D eigenvalue weighted by Gasteiger charge is -2.39. The van der Waals surface area contributed by atoms with Crippen LogP contribution in [-0.2, 0) is 4.79 Å². The van der Waals surface area contributed by atoms with E-state index in [1.807, 2.05) is 36.9 Å². The molecular weight excluding hydrogens is 354 g/mol. The second-order valence-corrected chi connectivity index (χ2v) is 8.04. The molecule has 0 saturated heterocycles. The Bertz CT molecular complexity index is 842. The third kappa shape index (κ3) is 3.77. The highest BCUT2D eigenvalue weighted by atomic mass is 16.3. The standard InChI is InChI=1S/C22H27N3O3/c1-15(2)20(23-21(26)19-8-5-13-28-19)22(27)25-12-11-24(14-16-9-10-16)17-6-3-4-7-18(17)25/h3-8,13,15-16,20H,9-12,14H2,1-2H3,(H,23,26). The molecule has 6 nitrogen and oxygen atoms in total. The Morgan fingerprint density at radius 1 is 1.11 bits per heavy atom.